The van der Waals surface area contributed by atoms with Crippen LogP contribution >= 0.6 is 22.6 Å². The Kier molecular flexibility index (Phi) is 2.40. The lowest BCUT2D eigenvalue weighted by molar-refractivity contribution is 0.555. The predicted octanol–water partition coefficient (Wildman–Crippen LogP) is 3.09. The Hall–Kier alpha value is 0.0300. The maximum atomic E-state index is 3.01. The van der Waals surface area contributed by atoms with Crippen molar-refractivity contribution in [1.82, 2.24) is 0 Å². The molecule has 0 saturated carbocycles. The molecule has 0 spiro atoms. The number of rotatable bonds is 1. The molecular weight excluding hydrogens is 235 g/mol. The van der Waals surface area contributed by atoms with Crippen molar-refractivity contribution in [3.8, 4) is 0 Å². The minimum absolute atomic E-state index is 0.262. The first-order chi connectivity index (χ1) is 4.67. The smallest absolute Gasteiger partial charge is 0.0521 e. The highest BCUT2D eigenvalue weighted by Crippen LogP contribution is 2.33. The Bertz CT molecular complexity index is 213. The molecule has 0 heterocycles. The van der Waals surface area contributed by atoms with Crippen molar-refractivity contribution in [2.24, 2.45) is 5.92 Å². The van der Waals surface area contributed by atoms with Gasteiger partial charge in [0.2, 0.25) is 0 Å². The minimum Gasteiger partial charge on any atom is -0.0746 e. The van der Waals surface area contributed by atoms with Crippen molar-refractivity contribution in [3.05, 3.63) is 23.6 Å². The molecule has 1 aliphatic rings. The standard InChI is InChI=1S/C9H11I/c1-3-8-6-4-5-7-9(8,2)10/h6-8H,3H2,1-2H3/t8?,9-/m0/s1. The van der Waals surface area contributed by atoms with Crippen LogP contribution in [-0.2, 0) is 0 Å². The molecule has 0 aliphatic heterocycles. The molecule has 0 nitrogen and oxygen atoms in total. The van der Waals surface area contributed by atoms with Crippen molar-refractivity contribution in [2.75, 3.05) is 0 Å². The lowest BCUT2D eigenvalue weighted by atomic mass is 9.90. The van der Waals surface area contributed by atoms with E-state index in [-0.39, 0.29) is 3.42 Å². The van der Waals surface area contributed by atoms with Crippen molar-refractivity contribution in [1.29, 1.82) is 0 Å². The Balaban J connectivity index is 2.90. The molecule has 1 rings (SSSR count). The third-order valence-corrected chi connectivity index (χ3v) is 3.00. The van der Waals surface area contributed by atoms with Crippen molar-refractivity contribution < 1.29 is 0 Å². The summed E-state index contributed by atoms with van der Waals surface area (Å²) in [5, 5.41) is 0. The molecule has 0 fully saturated rings. The number of halogens is 1. The number of allylic oxidation sites excluding steroid dienone is 2. The van der Waals surface area contributed by atoms with Gasteiger partial charge in [0.1, 0.15) is 0 Å². The highest BCUT2D eigenvalue weighted by Gasteiger charge is 2.26. The van der Waals surface area contributed by atoms with Crippen LogP contribution < -0.4 is 0 Å². The molecule has 1 heteroatoms. The van der Waals surface area contributed by atoms with E-state index in [2.05, 4.69) is 60.1 Å². The normalized spacial score (nSPS) is 36.9. The van der Waals surface area contributed by atoms with Gasteiger partial charge in [-0.25, -0.2) is 0 Å². The first kappa shape index (κ1) is 8.13. The van der Waals surface area contributed by atoms with Crippen LogP contribution in [0.1, 0.15) is 20.3 Å². The van der Waals surface area contributed by atoms with Crippen molar-refractivity contribution in [3.63, 3.8) is 0 Å². The van der Waals surface area contributed by atoms with Crippen LogP contribution in [0, 0.1) is 5.92 Å². The third kappa shape index (κ3) is 1.54. The van der Waals surface area contributed by atoms with Crippen LogP contribution in [0.3, 0.4) is 0 Å². The lowest BCUT2D eigenvalue weighted by Gasteiger charge is -2.25. The van der Waals surface area contributed by atoms with Crippen molar-refractivity contribution >= 4 is 22.6 Å². The number of hydrogen-bond donors (Lipinski definition) is 0. The SMILES string of the molecule is CCC1C=C=C=C[C@]1(C)I. The molecule has 0 saturated heterocycles. The topological polar surface area (TPSA) is 0 Å². The number of hydrogen-bond acceptors (Lipinski definition) is 0. The van der Waals surface area contributed by atoms with E-state index in [1.165, 1.54) is 6.42 Å². The minimum atomic E-state index is 0.262. The van der Waals surface area contributed by atoms with Crippen LogP contribution in [0.2, 0.25) is 0 Å². The van der Waals surface area contributed by atoms with Gasteiger partial charge in [-0.05, 0) is 25.5 Å². The zero-order chi connectivity index (χ0) is 7.61. The third-order valence-electron chi connectivity index (χ3n) is 1.89. The van der Waals surface area contributed by atoms with Crippen LogP contribution in [0.25, 0.3) is 0 Å². The summed E-state index contributed by atoms with van der Waals surface area (Å²) in [6, 6.07) is 0. The fourth-order valence-corrected chi connectivity index (χ4v) is 1.89. The van der Waals surface area contributed by atoms with Gasteiger partial charge in [0.15, 0.2) is 0 Å². The van der Waals surface area contributed by atoms with Gasteiger partial charge >= 0.3 is 0 Å². The van der Waals surface area contributed by atoms with Crippen LogP contribution in [-0.4, -0.2) is 3.42 Å². The molecule has 54 valence electrons. The average molecular weight is 246 g/mol. The summed E-state index contributed by atoms with van der Waals surface area (Å²) >= 11 is 2.46. The summed E-state index contributed by atoms with van der Waals surface area (Å²) in [7, 11) is 0. The first-order valence-electron chi connectivity index (χ1n) is 3.54. The monoisotopic (exact) mass is 246 g/mol. The van der Waals surface area contributed by atoms with E-state index in [4.69, 9.17) is 0 Å². The van der Waals surface area contributed by atoms with Crippen LogP contribution in [0.5, 0.6) is 0 Å². The zero-order valence-electron chi connectivity index (χ0n) is 6.32. The number of alkyl halides is 1. The fraction of sp³-hybridized carbons (Fsp3) is 0.556. The molecule has 0 amide bonds. The van der Waals surface area contributed by atoms with Gasteiger partial charge in [-0.1, -0.05) is 41.0 Å². The van der Waals surface area contributed by atoms with Gasteiger partial charge < -0.3 is 0 Å². The largest absolute Gasteiger partial charge is 0.0746 e. The molecule has 2 atom stereocenters. The highest BCUT2D eigenvalue weighted by molar-refractivity contribution is 14.1. The molecule has 0 bridgehead atoms. The second-order valence-electron chi connectivity index (χ2n) is 2.77. The fourth-order valence-electron chi connectivity index (χ4n) is 1.12. The Morgan fingerprint density at radius 3 is 2.70 bits per heavy atom. The summed E-state index contributed by atoms with van der Waals surface area (Å²) < 4.78 is 0.262. The average Bonchev–Trinajstić information content (AvgIpc) is 1.87. The second-order valence-corrected chi connectivity index (χ2v) is 5.09. The molecule has 1 unspecified atom stereocenters. The second kappa shape index (κ2) is 2.96. The van der Waals surface area contributed by atoms with Crippen LogP contribution in [0.4, 0.5) is 0 Å². The van der Waals surface area contributed by atoms with E-state index < -0.39 is 0 Å². The Morgan fingerprint density at radius 1 is 1.60 bits per heavy atom. The highest BCUT2D eigenvalue weighted by atomic mass is 127. The first-order valence-corrected chi connectivity index (χ1v) is 4.62. The Morgan fingerprint density at radius 2 is 2.30 bits per heavy atom. The molecule has 0 aromatic carbocycles. The van der Waals surface area contributed by atoms with Gasteiger partial charge in [-0.3, -0.25) is 0 Å². The molecular formula is C9H11I. The maximum absolute atomic E-state index is 3.01. The summed E-state index contributed by atoms with van der Waals surface area (Å²) in [6.07, 6.45) is 5.40. The van der Waals surface area contributed by atoms with Gasteiger partial charge in [0.05, 0.1) is 3.42 Å². The molecule has 1 aliphatic carbocycles. The molecule has 10 heavy (non-hydrogen) atoms. The Labute approximate surface area is 75.8 Å². The molecule has 0 aromatic heterocycles. The molecule has 0 aromatic rings. The van der Waals surface area contributed by atoms with E-state index in [0.29, 0.717) is 5.92 Å². The summed E-state index contributed by atoms with van der Waals surface area (Å²) in [4.78, 5) is 0. The maximum Gasteiger partial charge on any atom is 0.0521 e. The van der Waals surface area contributed by atoms with E-state index in [9.17, 15) is 0 Å². The summed E-state index contributed by atoms with van der Waals surface area (Å²) in [5.41, 5.74) is 6.01. The van der Waals surface area contributed by atoms with E-state index in [0.717, 1.165) is 0 Å². The van der Waals surface area contributed by atoms with Gasteiger partial charge in [-0.15, -0.1) is 0 Å². The van der Waals surface area contributed by atoms with Crippen molar-refractivity contribution in [2.45, 2.75) is 23.7 Å². The van der Waals surface area contributed by atoms with Gasteiger partial charge in [0.25, 0.3) is 0 Å². The quantitative estimate of drug-likeness (QED) is 0.379. The molecule has 0 N–H and O–H groups in total. The lowest BCUT2D eigenvalue weighted by Crippen LogP contribution is -2.23. The van der Waals surface area contributed by atoms with E-state index >= 15 is 0 Å². The van der Waals surface area contributed by atoms with E-state index in [1.807, 2.05) is 0 Å². The van der Waals surface area contributed by atoms with E-state index in [1.54, 1.807) is 0 Å². The van der Waals surface area contributed by atoms with Crippen LogP contribution in [0.15, 0.2) is 23.6 Å². The summed E-state index contributed by atoms with van der Waals surface area (Å²) in [5.74, 6) is 0.634. The van der Waals surface area contributed by atoms with Gasteiger partial charge in [0, 0.05) is 5.92 Å². The molecule has 0 radical (unpaired) electrons. The predicted molar refractivity (Wildman–Crippen MR) is 52.4 cm³/mol. The summed E-state index contributed by atoms with van der Waals surface area (Å²) in [6.45, 7) is 4.44. The van der Waals surface area contributed by atoms with Gasteiger partial charge in [-0.2, -0.15) is 0 Å². The zero-order valence-corrected chi connectivity index (χ0v) is 8.47.